The molecule has 0 bridgehead atoms. The van der Waals surface area contributed by atoms with Crippen LogP contribution in [0, 0.1) is 5.41 Å². The number of benzene rings is 1. The molecule has 6 heterocycles. The summed E-state index contributed by atoms with van der Waals surface area (Å²) in [7, 11) is 6.39. The molecule has 2 N–H and O–H groups in total. The number of likely N-dealkylation sites (tertiary alicyclic amines) is 1. The van der Waals surface area contributed by atoms with Crippen molar-refractivity contribution in [2.24, 2.45) is 19.5 Å². The van der Waals surface area contributed by atoms with Gasteiger partial charge in [-0.25, -0.2) is 0 Å². The van der Waals surface area contributed by atoms with Crippen LogP contribution in [-0.2, 0) is 25.3 Å². The number of H-pyrrole nitrogens is 1. The van der Waals surface area contributed by atoms with Crippen LogP contribution < -0.4 is 9.64 Å². The van der Waals surface area contributed by atoms with E-state index in [2.05, 4.69) is 51.6 Å². The zero-order valence-electron chi connectivity index (χ0n) is 30.3. The van der Waals surface area contributed by atoms with E-state index in [1.807, 2.05) is 24.9 Å². The molecule has 2 unspecified atom stereocenters. The molecule has 2 aliphatic heterocycles. The standard InChI is InChI=1S/C38H51N9O3/c1-6-23-10-7-11-24-18-26-25(19-39-42-26)29(28(23)24)31-33-32(46(5)43-31)30-34(45(33)4)40-36(41-35(30)47-16-17-49-21-37(2,48)20-47)50-22-38-13-8-12-27(38)44(3)15-9-14-38/h18-19,23,27,48H,6-17,20-22H2,1-5H3,(H,39,42)/t23?,27?,37-,38+/m0/s1. The van der Waals surface area contributed by atoms with Crippen LogP contribution in [0.4, 0.5) is 5.82 Å². The van der Waals surface area contributed by atoms with Crippen LogP contribution in [0.3, 0.4) is 0 Å². The van der Waals surface area contributed by atoms with Crippen LogP contribution >= 0.6 is 0 Å². The second-order valence-electron chi connectivity index (χ2n) is 16.0. The van der Waals surface area contributed by atoms with Gasteiger partial charge in [0.15, 0.2) is 5.65 Å². The van der Waals surface area contributed by atoms with Gasteiger partial charge in [0.05, 0.1) is 54.5 Å². The SMILES string of the molecule is CCC1CCCc2cc3[nH]ncc3c(-c3nn(C)c4c5c(N6CCOC[C@@](C)(O)C6)nc(OC[C@]67CCCC6N(C)CCC7)nc5n(C)c34)c21. The van der Waals surface area contributed by atoms with Gasteiger partial charge in [-0.2, -0.15) is 20.2 Å². The Labute approximate surface area is 293 Å². The van der Waals surface area contributed by atoms with E-state index >= 15 is 0 Å². The molecular weight excluding hydrogens is 630 g/mol. The average molecular weight is 682 g/mol. The van der Waals surface area contributed by atoms with Crippen LogP contribution in [0.5, 0.6) is 6.01 Å². The quantitative estimate of drug-likeness (QED) is 0.241. The topological polar surface area (TPSA) is 122 Å². The highest BCUT2D eigenvalue weighted by Gasteiger charge is 2.47. The van der Waals surface area contributed by atoms with Gasteiger partial charge in [0.2, 0.25) is 0 Å². The van der Waals surface area contributed by atoms with Gasteiger partial charge < -0.3 is 28.9 Å². The van der Waals surface area contributed by atoms with Crippen molar-refractivity contribution >= 4 is 38.8 Å². The molecule has 50 heavy (non-hydrogen) atoms. The van der Waals surface area contributed by atoms with Gasteiger partial charge in [-0.15, -0.1) is 0 Å². The highest BCUT2D eigenvalue weighted by molar-refractivity contribution is 6.16. The number of rotatable bonds is 6. The van der Waals surface area contributed by atoms with E-state index in [1.165, 1.54) is 61.6 Å². The summed E-state index contributed by atoms with van der Waals surface area (Å²) in [6.45, 7) is 7.65. The van der Waals surface area contributed by atoms with E-state index in [0.717, 1.165) is 63.9 Å². The van der Waals surface area contributed by atoms with Gasteiger partial charge in [-0.3, -0.25) is 9.78 Å². The lowest BCUT2D eigenvalue weighted by molar-refractivity contribution is -0.0123. The molecule has 12 heteroatoms. The second-order valence-corrected chi connectivity index (χ2v) is 16.0. The summed E-state index contributed by atoms with van der Waals surface area (Å²) in [5, 5.41) is 26.4. The molecule has 266 valence electrons. The molecule has 5 aromatic rings. The lowest BCUT2D eigenvalue weighted by Gasteiger charge is -2.44. The number of aromatic nitrogens is 7. The minimum Gasteiger partial charge on any atom is -0.463 e. The van der Waals surface area contributed by atoms with Crippen LogP contribution in [0.2, 0.25) is 0 Å². The van der Waals surface area contributed by atoms with Gasteiger partial charge in [0, 0.05) is 43.0 Å². The summed E-state index contributed by atoms with van der Waals surface area (Å²) in [5.41, 5.74) is 7.88. The fourth-order valence-electron chi connectivity index (χ4n) is 10.3. The third-order valence-electron chi connectivity index (χ3n) is 12.6. The Hall–Kier alpha value is -3.74. The molecule has 1 saturated carbocycles. The predicted octanol–water partition coefficient (Wildman–Crippen LogP) is 5.46. The maximum absolute atomic E-state index is 11.3. The Bertz CT molecular complexity index is 2100. The Morgan fingerprint density at radius 3 is 2.80 bits per heavy atom. The number of hydrogen-bond acceptors (Lipinski definition) is 9. The molecule has 3 fully saturated rings. The van der Waals surface area contributed by atoms with Crippen LogP contribution in [0.25, 0.3) is 44.2 Å². The van der Waals surface area contributed by atoms with Crippen molar-refractivity contribution in [3.8, 4) is 17.3 Å². The number of fused-ring (bicyclic) bond motifs is 6. The van der Waals surface area contributed by atoms with E-state index in [-0.39, 0.29) is 12.0 Å². The van der Waals surface area contributed by atoms with E-state index in [0.29, 0.717) is 44.3 Å². The fourth-order valence-corrected chi connectivity index (χ4v) is 10.3. The molecule has 12 nitrogen and oxygen atoms in total. The fraction of sp³-hybridized carbons (Fsp3) is 0.632. The number of aromatic amines is 1. The number of piperidine rings is 1. The number of ether oxygens (including phenoxy) is 2. The lowest BCUT2D eigenvalue weighted by Crippen LogP contribution is -2.50. The number of anilines is 1. The largest absolute Gasteiger partial charge is 0.463 e. The molecule has 0 radical (unpaired) electrons. The summed E-state index contributed by atoms with van der Waals surface area (Å²) in [4.78, 5) is 15.1. The summed E-state index contributed by atoms with van der Waals surface area (Å²) < 4.78 is 16.8. The smallest absolute Gasteiger partial charge is 0.320 e. The molecule has 1 aromatic carbocycles. The van der Waals surface area contributed by atoms with Gasteiger partial charge in [0.1, 0.15) is 17.1 Å². The highest BCUT2D eigenvalue weighted by Crippen LogP contribution is 2.49. The first-order valence-corrected chi connectivity index (χ1v) is 18.8. The van der Waals surface area contributed by atoms with E-state index in [1.54, 1.807) is 0 Å². The zero-order chi connectivity index (χ0) is 34.4. The number of nitrogens with zero attached hydrogens (tertiary/aromatic N) is 8. The third-order valence-corrected chi connectivity index (χ3v) is 12.6. The molecule has 4 atom stereocenters. The maximum atomic E-state index is 11.3. The Balaban J connectivity index is 1.25. The van der Waals surface area contributed by atoms with Crippen molar-refractivity contribution in [2.75, 3.05) is 51.4 Å². The lowest BCUT2D eigenvalue weighted by atomic mass is 9.76. The minimum atomic E-state index is -1.03. The number of aliphatic hydroxyl groups is 1. The molecule has 4 aromatic heterocycles. The molecule has 4 aliphatic rings. The molecule has 0 spiro atoms. The molecule has 9 rings (SSSR count). The molecular formula is C38H51N9O3. The summed E-state index contributed by atoms with van der Waals surface area (Å²) >= 11 is 0. The molecule has 0 amide bonds. The van der Waals surface area contributed by atoms with Crippen molar-refractivity contribution in [2.45, 2.75) is 89.2 Å². The van der Waals surface area contributed by atoms with Crippen molar-refractivity contribution in [3.63, 3.8) is 0 Å². The van der Waals surface area contributed by atoms with Gasteiger partial charge in [-0.1, -0.05) is 13.3 Å². The zero-order valence-corrected chi connectivity index (χ0v) is 30.3. The van der Waals surface area contributed by atoms with E-state index < -0.39 is 5.60 Å². The Morgan fingerprint density at radius 2 is 1.94 bits per heavy atom. The van der Waals surface area contributed by atoms with Gasteiger partial charge >= 0.3 is 6.01 Å². The van der Waals surface area contributed by atoms with Crippen molar-refractivity contribution < 1.29 is 14.6 Å². The van der Waals surface area contributed by atoms with Gasteiger partial charge in [0.25, 0.3) is 0 Å². The maximum Gasteiger partial charge on any atom is 0.320 e. The highest BCUT2D eigenvalue weighted by atomic mass is 16.5. The molecule has 2 saturated heterocycles. The Kier molecular flexibility index (Phi) is 7.67. The number of aryl methyl sites for hydroxylation is 3. The first-order valence-electron chi connectivity index (χ1n) is 18.8. The monoisotopic (exact) mass is 681 g/mol. The number of hydrogen-bond donors (Lipinski definition) is 2. The van der Waals surface area contributed by atoms with Gasteiger partial charge in [-0.05, 0) is 95.0 Å². The van der Waals surface area contributed by atoms with E-state index in [4.69, 9.17) is 24.5 Å². The average Bonchev–Trinajstić information content (AvgIpc) is 3.86. The van der Waals surface area contributed by atoms with Crippen molar-refractivity contribution in [1.29, 1.82) is 0 Å². The molecule has 2 aliphatic carbocycles. The summed E-state index contributed by atoms with van der Waals surface area (Å²) in [6, 6.07) is 3.24. The predicted molar refractivity (Wildman–Crippen MR) is 195 cm³/mol. The number of nitrogens with one attached hydrogen (secondary N) is 1. The number of β-amino-alcohol motifs (C(OH)–C–C–N with tert-alkyl or cyclic N) is 1. The third kappa shape index (κ3) is 4.96. The first kappa shape index (κ1) is 32.2. The second kappa shape index (κ2) is 11.9. The van der Waals surface area contributed by atoms with Crippen molar-refractivity contribution in [3.05, 3.63) is 23.4 Å². The van der Waals surface area contributed by atoms with Crippen molar-refractivity contribution in [1.82, 2.24) is 39.4 Å². The first-order chi connectivity index (χ1) is 24.2. The minimum absolute atomic E-state index is 0.125. The van der Waals surface area contributed by atoms with Crippen LogP contribution in [0.15, 0.2) is 12.3 Å². The Morgan fingerprint density at radius 1 is 1.08 bits per heavy atom. The normalized spacial score (nSPS) is 27.7. The summed E-state index contributed by atoms with van der Waals surface area (Å²) in [6.07, 6.45) is 12.5. The van der Waals surface area contributed by atoms with E-state index in [9.17, 15) is 5.11 Å². The van der Waals surface area contributed by atoms with Crippen LogP contribution in [-0.4, -0.2) is 103 Å². The van der Waals surface area contributed by atoms with Crippen LogP contribution in [0.1, 0.15) is 82.3 Å². The summed E-state index contributed by atoms with van der Waals surface area (Å²) in [5.74, 6) is 1.22.